The zero-order valence-electron chi connectivity index (χ0n) is 6.95. The molecule has 6 nitrogen and oxygen atoms in total. The third-order valence-corrected chi connectivity index (χ3v) is 1.65. The van der Waals surface area contributed by atoms with Gasteiger partial charge in [0.2, 0.25) is 0 Å². The van der Waals surface area contributed by atoms with Crippen LogP contribution in [0.5, 0.6) is 0 Å². The van der Waals surface area contributed by atoms with Gasteiger partial charge in [0.25, 0.3) is 5.69 Å². The highest BCUT2D eigenvalue weighted by molar-refractivity contribution is 5.74. The van der Waals surface area contributed by atoms with Crippen molar-refractivity contribution in [2.45, 2.75) is 6.10 Å². The van der Waals surface area contributed by atoms with Crippen LogP contribution in [-0.4, -0.2) is 21.1 Å². The lowest BCUT2D eigenvalue weighted by atomic mass is 10.1. The van der Waals surface area contributed by atoms with Gasteiger partial charge in [-0.15, -0.1) is 0 Å². The number of nitrogens with zero attached hydrogens (tertiary/aromatic N) is 1. The van der Waals surface area contributed by atoms with Crippen molar-refractivity contribution in [3.63, 3.8) is 0 Å². The molecule has 0 heterocycles. The van der Waals surface area contributed by atoms with E-state index in [4.69, 9.17) is 10.2 Å². The standard InChI is InChI=1S/C8H7NO5/c10-7(8(11)12)5-1-3-6(4-2-5)9(13)14/h1-4,7,10H,(H,11,12)/t7-/m0/s1. The summed E-state index contributed by atoms with van der Waals surface area (Å²) in [7, 11) is 0. The molecule has 6 heteroatoms. The Labute approximate surface area is 78.6 Å². The van der Waals surface area contributed by atoms with Gasteiger partial charge in [-0.1, -0.05) is 0 Å². The van der Waals surface area contributed by atoms with Gasteiger partial charge in [0.15, 0.2) is 6.10 Å². The minimum absolute atomic E-state index is 0.114. The fourth-order valence-corrected chi connectivity index (χ4v) is 0.921. The average Bonchev–Trinajstić information content (AvgIpc) is 2.16. The number of hydrogen-bond donors (Lipinski definition) is 2. The van der Waals surface area contributed by atoms with E-state index < -0.39 is 17.0 Å². The van der Waals surface area contributed by atoms with E-state index in [0.29, 0.717) is 0 Å². The van der Waals surface area contributed by atoms with Gasteiger partial charge in [-0.2, -0.15) is 0 Å². The van der Waals surface area contributed by atoms with Gasteiger partial charge in [-0.25, -0.2) is 4.79 Å². The molecule has 0 unspecified atom stereocenters. The summed E-state index contributed by atoms with van der Waals surface area (Å²) in [6.45, 7) is 0. The number of aliphatic carboxylic acids is 1. The Morgan fingerprint density at radius 2 is 1.86 bits per heavy atom. The normalized spacial score (nSPS) is 12.1. The van der Waals surface area contributed by atoms with Crippen molar-refractivity contribution in [1.29, 1.82) is 0 Å². The molecule has 0 spiro atoms. The Morgan fingerprint density at radius 1 is 1.36 bits per heavy atom. The van der Waals surface area contributed by atoms with Crippen molar-refractivity contribution in [3.05, 3.63) is 39.9 Å². The predicted molar refractivity (Wildman–Crippen MR) is 45.7 cm³/mol. The summed E-state index contributed by atoms with van der Waals surface area (Å²) in [6.07, 6.45) is -1.64. The third-order valence-electron chi connectivity index (χ3n) is 1.65. The van der Waals surface area contributed by atoms with Crippen LogP contribution in [0, 0.1) is 10.1 Å². The van der Waals surface area contributed by atoms with Crippen LogP contribution in [0.2, 0.25) is 0 Å². The van der Waals surface area contributed by atoms with Crippen LogP contribution in [0.25, 0.3) is 0 Å². The smallest absolute Gasteiger partial charge is 0.337 e. The zero-order valence-corrected chi connectivity index (χ0v) is 6.95. The molecule has 0 amide bonds. The Kier molecular flexibility index (Phi) is 2.78. The molecule has 0 saturated carbocycles. The quantitative estimate of drug-likeness (QED) is 0.549. The summed E-state index contributed by atoms with van der Waals surface area (Å²) in [6, 6.07) is 4.69. The number of non-ortho nitro benzene ring substituents is 1. The maximum atomic E-state index is 10.3. The monoisotopic (exact) mass is 197 g/mol. The van der Waals surface area contributed by atoms with Crippen LogP contribution < -0.4 is 0 Å². The number of nitro benzene ring substituents is 1. The van der Waals surface area contributed by atoms with E-state index in [0.717, 1.165) is 12.1 Å². The van der Waals surface area contributed by atoms with E-state index in [-0.39, 0.29) is 11.3 Å². The fourth-order valence-electron chi connectivity index (χ4n) is 0.921. The number of benzene rings is 1. The molecule has 0 saturated heterocycles. The molecule has 0 aliphatic carbocycles. The van der Waals surface area contributed by atoms with Crippen molar-refractivity contribution < 1.29 is 19.9 Å². The number of hydrogen-bond acceptors (Lipinski definition) is 4. The van der Waals surface area contributed by atoms with Gasteiger partial charge < -0.3 is 10.2 Å². The largest absolute Gasteiger partial charge is 0.479 e. The van der Waals surface area contributed by atoms with Gasteiger partial charge in [0.05, 0.1) is 4.92 Å². The van der Waals surface area contributed by atoms with Crippen LogP contribution in [0.1, 0.15) is 11.7 Å². The second-order valence-corrected chi connectivity index (χ2v) is 2.59. The first kappa shape index (κ1) is 10.1. The second-order valence-electron chi connectivity index (χ2n) is 2.59. The number of aliphatic hydroxyl groups is 1. The Morgan fingerprint density at radius 3 is 2.21 bits per heavy atom. The first-order valence-corrected chi connectivity index (χ1v) is 3.67. The van der Waals surface area contributed by atoms with Crippen molar-refractivity contribution in [2.75, 3.05) is 0 Å². The highest BCUT2D eigenvalue weighted by atomic mass is 16.6. The summed E-state index contributed by atoms with van der Waals surface area (Å²) in [4.78, 5) is 20.0. The van der Waals surface area contributed by atoms with E-state index >= 15 is 0 Å². The Hall–Kier alpha value is -1.95. The number of carbonyl (C=O) groups is 1. The SMILES string of the molecule is O=C(O)[C@@H](O)c1ccc([N+](=O)[O-])cc1. The molecule has 1 atom stereocenters. The third kappa shape index (κ3) is 2.05. The lowest BCUT2D eigenvalue weighted by Crippen LogP contribution is -2.10. The lowest BCUT2D eigenvalue weighted by molar-refractivity contribution is -0.384. The van der Waals surface area contributed by atoms with Gasteiger partial charge in [-0.05, 0) is 17.7 Å². The van der Waals surface area contributed by atoms with Crippen molar-refractivity contribution >= 4 is 11.7 Å². The van der Waals surface area contributed by atoms with E-state index in [1.165, 1.54) is 12.1 Å². The van der Waals surface area contributed by atoms with Crippen LogP contribution in [0.15, 0.2) is 24.3 Å². The highest BCUT2D eigenvalue weighted by Gasteiger charge is 2.16. The minimum Gasteiger partial charge on any atom is -0.479 e. The first-order chi connectivity index (χ1) is 6.52. The molecular formula is C8H7NO5. The molecule has 1 rings (SSSR count). The van der Waals surface area contributed by atoms with Crippen LogP contribution in [0.3, 0.4) is 0 Å². The van der Waals surface area contributed by atoms with E-state index in [1.54, 1.807) is 0 Å². The summed E-state index contributed by atoms with van der Waals surface area (Å²) in [5, 5.41) is 27.7. The molecule has 1 aromatic rings. The van der Waals surface area contributed by atoms with Gasteiger partial charge in [0.1, 0.15) is 0 Å². The van der Waals surface area contributed by atoms with Crippen molar-refractivity contribution in [1.82, 2.24) is 0 Å². The summed E-state index contributed by atoms with van der Waals surface area (Å²) in [5.74, 6) is -1.39. The first-order valence-electron chi connectivity index (χ1n) is 3.67. The summed E-state index contributed by atoms with van der Waals surface area (Å²) in [5.41, 5.74) is -0.0329. The topological polar surface area (TPSA) is 101 Å². The number of carboxylic acids is 1. The molecular weight excluding hydrogens is 190 g/mol. The fraction of sp³-hybridized carbons (Fsp3) is 0.125. The Balaban J connectivity index is 2.94. The Bertz CT molecular complexity index is 358. The molecule has 14 heavy (non-hydrogen) atoms. The molecule has 1 aromatic carbocycles. The van der Waals surface area contributed by atoms with Crippen LogP contribution in [0.4, 0.5) is 5.69 Å². The van der Waals surface area contributed by atoms with Gasteiger partial charge in [0, 0.05) is 12.1 Å². The average molecular weight is 197 g/mol. The number of aliphatic hydroxyl groups excluding tert-OH is 1. The van der Waals surface area contributed by atoms with Crippen LogP contribution >= 0.6 is 0 Å². The highest BCUT2D eigenvalue weighted by Crippen LogP contribution is 2.17. The molecule has 0 fully saturated rings. The molecule has 0 radical (unpaired) electrons. The van der Waals surface area contributed by atoms with Crippen molar-refractivity contribution in [3.8, 4) is 0 Å². The molecule has 2 N–H and O–H groups in total. The van der Waals surface area contributed by atoms with E-state index in [2.05, 4.69) is 0 Å². The van der Waals surface area contributed by atoms with E-state index in [9.17, 15) is 14.9 Å². The molecule has 74 valence electrons. The summed E-state index contributed by atoms with van der Waals surface area (Å²) >= 11 is 0. The summed E-state index contributed by atoms with van der Waals surface area (Å²) < 4.78 is 0. The lowest BCUT2D eigenvalue weighted by Gasteiger charge is -2.03. The maximum Gasteiger partial charge on any atom is 0.337 e. The maximum absolute atomic E-state index is 10.3. The number of rotatable bonds is 3. The van der Waals surface area contributed by atoms with Gasteiger partial charge >= 0.3 is 5.97 Å². The molecule has 0 aliphatic rings. The number of carboxylic acid groups (broad SMARTS) is 1. The zero-order chi connectivity index (χ0) is 10.7. The predicted octanol–water partition coefficient (Wildman–Crippen LogP) is 0.713. The second kappa shape index (κ2) is 3.84. The molecule has 0 bridgehead atoms. The molecule has 0 aliphatic heterocycles. The van der Waals surface area contributed by atoms with Gasteiger partial charge in [-0.3, -0.25) is 10.1 Å². The number of nitro groups is 1. The molecule has 0 aromatic heterocycles. The van der Waals surface area contributed by atoms with E-state index in [1.807, 2.05) is 0 Å². The van der Waals surface area contributed by atoms with Crippen molar-refractivity contribution in [2.24, 2.45) is 0 Å². The van der Waals surface area contributed by atoms with Crippen LogP contribution in [-0.2, 0) is 4.79 Å². The minimum atomic E-state index is -1.64.